The zero-order valence-corrected chi connectivity index (χ0v) is 21.8. The fourth-order valence-electron chi connectivity index (χ4n) is 4.79. The summed E-state index contributed by atoms with van der Waals surface area (Å²) in [6.07, 6.45) is 2.05. The summed E-state index contributed by atoms with van der Waals surface area (Å²) in [5, 5.41) is 1.35. The number of likely N-dealkylation sites (tertiary alicyclic amines) is 1. The van der Waals surface area contributed by atoms with Gasteiger partial charge in [0.15, 0.2) is 5.16 Å². The number of carbonyl (C=O) groups excluding carboxylic acids is 1. The molecule has 0 bridgehead atoms. The van der Waals surface area contributed by atoms with Gasteiger partial charge in [-0.05, 0) is 49.7 Å². The predicted octanol–water partition coefficient (Wildman–Crippen LogP) is 5.28. The molecule has 7 heteroatoms. The molecule has 2 unspecified atom stereocenters. The van der Waals surface area contributed by atoms with Gasteiger partial charge in [-0.1, -0.05) is 62.4 Å². The van der Waals surface area contributed by atoms with Gasteiger partial charge < -0.3 is 4.90 Å². The normalized spacial score (nSPS) is 18.8. The maximum atomic E-state index is 13.6. The first-order valence-corrected chi connectivity index (χ1v) is 13.6. The third kappa shape index (κ3) is 5.19. The molecule has 0 saturated carbocycles. The molecule has 3 heterocycles. The standard InChI is InChI=1S/C26H33N3O2S2/c1-6-21-19(5)23-24(33-21)27-26(29(25(23)31)14-20-9-7-16(2)8-10-20)32-15-22(30)28-12-17(3)11-18(4)13-28/h7-10,17-18H,6,11-15H2,1-5H3. The zero-order valence-electron chi connectivity index (χ0n) is 20.2. The lowest BCUT2D eigenvalue weighted by atomic mass is 9.92. The Balaban J connectivity index is 1.67. The lowest BCUT2D eigenvalue weighted by molar-refractivity contribution is -0.130. The maximum Gasteiger partial charge on any atom is 0.263 e. The minimum atomic E-state index is -0.0100. The Morgan fingerprint density at radius 3 is 2.45 bits per heavy atom. The average molecular weight is 484 g/mol. The van der Waals surface area contributed by atoms with Gasteiger partial charge in [0, 0.05) is 18.0 Å². The van der Waals surface area contributed by atoms with E-state index in [1.165, 1.54) is 28.6 Å². The van der Waals surface area contributed by atoms with Crippen molar-refractivity contribution in [3.05, 3.63) is 56.2 Å². The molecule has 5 nitrogen and oxygen atoms in total. The number of piperidine rings is 1. The average Bonchev–Trinajstić information content (AvgIpc) is 3.10. The molecule has 2 aromatic heterocycles. The summed E-state index contributed by atoms with van der Waals surface area (Å²) < 4.78 is 1.76. The van der Waals surface area contributed by atoms with Gasteiger partial charge in [-0.15, -0.1) is 11.3 Å². The minimum Gasteiger partial charge on any atom is -0.341 e. The van der Waals surface area contributed by atoms with Gasteiger partial charge in [0.25, 0.3) is 5.56 Å². The second-order valence-corrected chi connectivity index (χ2v) is 11.5. The van der Waals surface area contributed by atoms with E-state index in [1.54, 1.807) is 15.9 Å². The third-order valence-corrected chi connectivity index (χ3v) is 8.73. The van der Waals surface area contributed by atoms with Crippen LogP contribution >= 0.6 is 23.1 Å². The topological polar surface area (TPSA) is 55.2 Å². The molecular formula is C26H33N3O2S2. The number of hydrogen-bond acceptors (Lipinski definition) is 5. The summed E-state index contributed by atoms with van der Waals surface area (Å²) in [7, 11) is 0. The van der Waals surface area contributed by atoms with Crippen LogP contribution in [-0.4, -0.2) is 39.2 Å². The van der Waals surface area contributed by atoms with E-state index in [2.05, 4.69) is 52.0 Å². The van der Waals surface area contributed by atoms with Crippen molar-refractivity contribution in [3.8, 4) is 0 Å². The van der Waals surface area contributed by atoms with Crippen LogP contribution in [0.1, 0.15) is 48.8 Å². The van der Waals surface area contributed by atoms with Crippen LogP contribution in [-0.2, 0) is 17.8 Å². The zero-order chi connectivity index (χ0) is 23.7. The predicted molar refractivity (Wildman–Crippen MR) is 139 cm³/mol. The molecule has 0 N–H and O–H groups in total. The van der Waals surface area contributed by atoms with Crippen molar-refractivity contribution >= 4 is 39.2 Å². The summed E-state index contributed by atoms with van der Waals surface area (Å²) in [4.78, 5) is 35.5. The van der Waals surface area contributed by atoms with Gasteiger partial charge in [-0.3, -0.25) is 14.2 Å². The van der Waals surface area contributed by atoms with Crippen molar-refractivity contribution in [2.24, 2.45) is 11.8 Å². The van der Waals surface area contributed by atoms with Crippen molar-refractivity contribution < 1.29 is 4.79 Å². The van der Waals surface area contributed by atoms with E-state index in [9.17, 15) is 9.59 Å². The Bertz CT molecular complexity index is 1200. The Labute approximate surface area is 204 Å². The first kappa shape index (κ1) is 24.0. The second-order valence-electron chi connectivity index (χ2n) is 9.49. The highest BCUT2D eigenvalue weighted by molar-refractivity contribution is 7.99. The van der Waals surface area contributed by atoms with Crippen LogP contribution in [0.4, 0.5) is 0 Å². The fourth-order valence-corrected chi connectivity index (χ4v) is 6.85. The molecule has 0 spiro atoms. The molecule has 176 valence electrons. The number of hydrogen-bond donors (Lipinski definition) is 0. The molecule has 1 aliphatic rings. The number of thioether (sulfide) groups is 1. The molecule has 1 aromatic carbocycles. The van der Waals surface area contributed by atoms with E-state index in [-0.39, 0.29) is 11.5 Å². The molecule has 0 radical (unpaired) electrons. The van der Waals surface area contributed by atoms with E-state index >= 15 is 0 Å². The number of aromatic nitrogens is 2. The van der Waals surface area contributed by atoms with Crippen molar-refractivity contribution in [3.63, 3.8) is 0 Å². The van der Waals surface area contributed by atoms with Gasteiger partial charge in [0.05, 0.1) is 17.7 Å². The van der Waals surface area contributed by atoms with Crippen LogP contribution < -0.4 is 5.56 Å². The monoisotopic (exact) mass is 483 g/mol. The second kappa shape index (κ2) is 10.0. The maximum absolute atomic E-state index is 13.6. The van der Waals surface area contributed by atoms with E-state index in [1.807, 2.05) is 11.8 Å². The highest BCUT2D eigenvalue weighted by atomic mass is 32.2. The van der Waals surface area contributed by atoms with Crippen molar-refractivity contribution in [1.82, 2.24) is 14.5 Å². The Kier molecular flexibility index (Phi) is 7.29. The van der Waals surface area contributed by atoms with E-state index < -0.39 is 0 Å². The first-order chi connectivity index (χ1) is 15.8. The molecule has 3 aromatic rings. The van der Waals surface area contributed by atoms with Crippen molar-refractivity contribution in [2.75, 3.05) is 18.8 Å². The smallest absolute Gasteiger partial charge is 0.263 e. The van der Waals surface area contributed by atoms with Crippen LogP contribution in [0, 0.1) is 25.7 Å². The Hall–Kier alpha value is -2.12. The summed E-state index contributed by atoms with van der Waals surface area (Å²) in [5.41, 5.74) is 3.27. The highest BCUT2D eigenvalue weighted by Crippen LogP contribution is 2.30. The Morgan fingerprint density at radius 2 is 1.82 bits per heavy atom. The van der Waals surface area contributed by atoms with E-state index in [0.717, 1.165) is 40.9 Å². The van der Waals surface area contributed by atoms with E-state index in [4.69, 9.17) is 4.98 Å². The highest BCUT2D eigenvalue weighted by Gasteiger charge is 2.26. The van der Waals surface area contributed by atoms with E-state index in [0.29, 0.717) is 29.3 Å². The fraction of sp³-hybridized carbons (Fsp3) is 0.500. The van der Waals surface area contributed by atoms with Crippen LogP contribution in [0.25, 0.3) is 10.2 Å². The lowest BCUT2D eigenvalue weighted by Crippen LogP contribution is -2.43. The molecule has 33 heavy (non-hydrogen) atoms. The SMILES string of the molecule is CCc1sc2nc(SCC(=O)N3CC(C)CC(C)C3)n(Cc3ccc(C)cc3)c(=O)c2c1C. The summed E-state index contributed by atoms with van der Waals surface area (Å²) in [6, 6.07) is 8.23. The molecule has 1 aliphatic heterocycles. The number of thiophene rings is 1. The minimum absolute atomic E-state index is 0.0100. The Morgan fingerprint density at radius 1 is 1.15 bits per heavy atom. The first-order valence-electron chi connectivity index (χ1n) is 11.8. The van der Waals surface area contributed by atoms with Gasteiger partial charge in [0.1, 0.15) is 4.83 Å². The number of nitrogens with zero attached hydrogens (tertiary/aromatic N) is 3. The number of fused-ring (bicyclic) bond motifs is 1. The van der Waals surface area contributed by atoms with Crippen LogP contribution in [0.2, 0.25) is 0 Å². The number of amides is 1. The number of benzene rings is 1. The molecule has 0 aliphatic carbocycles. The summed E-state index contributed by atoms with van der Waals surface area (Å²) >= 11 is 2.99. The molecule has 2 atom stereocenters. The van der Waals surface area contributed by atoms with Crippen molar-refractivity contribution in [1.29, 1.82) is 0 Å². The van der Waals surface area contributed by atoms with Crippen LogP contribution in [0.5, 0.6) is 0 Å². The largest absolute Gasteiger partial charge is 0.341 e. The van der Waals surface area contributed by atoms with Crippen molar-refractivity contribution in [2.45, 2.75) is 59.2 Å². The van der Waals surface area contributed by atoms with Crippen LogP contribution in [0.3, 0.4) is 0 Å². The summed E-state index contributed by atoms with van der Waals surface area (Å²) in [5.74, 6) is 1.49. The molecule has 1 saturated heterocycles. The number of aryl methyl sites for hydroxylation is 3. The quantitative estimate of drug-likeness (QED) is 0.353. The number of carbonyl (C=O) groups is 1. The van der Waals surface area contributed by atoms with Gasteiger partial charge in [0.2, 0.25) is 5.91 Å². The molecule has 1 fully saturated rings. The molecule has 4 rings (SSSR count). The van der Waals surface area contributed by atoms with Crippen LogP contribution in [0.15, 0.2) is 34.2 Å². The van der Waals surface area contributed by atoms with Gasteiger partial charge >= 0.3 is 0 Å². The summed E-state index contributed by atoms with van der Waals surface area (Å²) in [6.45, 7) is 12.7. The molecular weight excluding hydrogens is 450 g/mol. The molecule has 1 amide bonds. The van der Waals surface area contributed by atoms with Gasteiger partial charge in [-0.25, -0.2) is 4.98 Å². The lowest BCUT2D eigenvalue weighted by Gasteiger charge is -2.35. The number of rotatable bonds is 6. The third-order valence-electron chi connectivity index (χ3n) is 6.44. The van der Waals surface area contributed by atoms with Gasteiger partial charge in [-0.2, -0.15) is 0 Å².